The first-order valence-electron chi connectivity index (χ1n) is 17.3. The van der Waals surface area contributed by atoms with Gasteiger partial charge in [0.1, 0.15) is 11.5 Å². The lowest BCUT2D eigenvalue weighted by Gasteiger charge is -2.39. The molecule has 1 aliphatic heterocycles. The summed E-state index contributed by atoms with van der Waals surface area (Å²) in [5.41, 5.74) is 11.8. The van der Waals surface area contributed by atoms with Gasteiger partial charge in [-0.2, -0.15) is 5.26 Å². The molecule has 2 heterocycles. The molecule has 242 valence electrons. The van der Waals surface area contributed by atoms with Crippen LogP contribution < -0.4 is 9.72 Å². The van der Waals surface area contributed by atoms with Gasteiger partial charge in [0.05, 0.1) is 33.7 Å². The zero-order valence-electron chi connectivity index (χ0n) is 27.9. The third kappa shape index (κ3) is 4.52. The monoisotopic (exact) mass is 665 g/mol. The Morgan fingerprint density at radius 1 is 0.462 bits per heavy atom. The highest BCUT2D eigenvalue weighted by Gasteiger charge is 2.51. The second-order valence-corrected chi connectivity index (χ2v) is 13.2. The summed E-state index contributed by atoms with van der Waals surface area (Å²) in [4.78, 5) is 13.7. The van der Waals surface area contributed by atoms with Gasteiger partial charge in [-0.1, -0.05) is 113 Å². The van der Waals surface area contributed by atoms with Crippen LogP contribution in [0.2, 0.25) is 0 Å². The number of fused-ring (bicyclic) bond motifs is 9. The van der Waals surface area contributed by atoms with Crippen LogP contribution in [0.25, 0.3) is 56.4 Å². The minimum absolute atomic E-state index is 0.610. The summed E-state index contributed by atoms with van der Waals surface area (Å²) < 4.78 is 6.56. The molecule has 0 atom stereocenters. The summed E-state index contributed by atoms with van der Waals surface area (Å²) >= 11 is 0. The summed E-state index contributed by atoms with van der Waals surface area (Å²) in [5.74, 6) is 3.81. The number of hydrogen-bond acceptors (Lipinski definition) is 4. The summed E-state index contributed by atoms with van der Waals surface area (Å²) in [5, 5.41) is 9.69. The van der Waals surface area contributed by atoms with Gasteiger partial charge < -0.3 is 4.74 Å². The Morgan fingerprint density at radius 3 is 1.63 bits per heavy atom. The second-order valence-electron chi connectivity index (χ2n) is 13.2. The van der Waals surface area contributed by atoms with E-state index < -0.39 is 5.41 Å². The van der Waals surface area contributed by atoms with Crippen molar-refractivity contribution in [2.75, 3.05) is 0 Å². The van der Waals surface area contributed by atoms with Crippen molar-refractivity contribution in [3.63, 3.8) is 0 Å². The first kappa shape index (κ1) is 29.7. The van der Waals surface area contributed by atoms with Crippen LogP contribution in [0.5, 0.6) is 11.5 Å². The van der Waals surface area contributed by atoms with Crippen molar-refractivity contribution in [1.82, 2.24) is 9.97 Å². The molecule has 0 amide bonds. The van der Waals surface area contributed by atoms with E-state index in [0.717, 1.165) is 73.2 Å². The maximum absolute atomic E-state index is 9.69. The molecule has 10 rings (SSSR count). The van der Waals surface area contributed by atoms with E-state index in [2.05, 4.69) is 102 Å². The first-order valence-corrected chi connectivity index (χ1v) is 17.3. The fraction of sp³-hybridized carbons (Fsp3) is 0.0213. The molecule has 5 heteroatoms. The number of benzene rings is 7. The van der Waals surface area contributed by atoms with Crippen molar-refractivity contribution in [1.29, 1.82) is 5.26 Å². The molecule has 0 bridgehead atoms. The minimum atomic E-state index is -0.610. The normalized spacial score (nSPS) is 12.9. The van der Waals surface area contributed by atoms with Gasteiger partial charge in [0.25, 0.3) is 11.6 Å². The predicted octanol–water partition coefficient (Wildman–Crippen LogP) is 10.3. The van der Waals surface area contributed by atoms with E-state index in [0.29, 0.717) is 11.4 Å². The van der Waals surface area contributed by atoms with Crippen LogP contribution in [0.15, 0.2) is 170 Å². The molecule has 1 aromatic heterocycles. The zero-order valence-corrected chi connectivity index (χ0v) is 27.9. The Morgan fingerprint density at radius 2 is 0.981 bits per heavy atom. The Kier molecular flexibility index (Phi) is 6.70. The SMILES string of the molecule is N#Cc1cccc(-c2ccc3c(c2)-c2cc(-c4nc(-c5ccccc5)nc(-c5ccccc5)[nH+]4)ccc2C32c3ccccc3Oc3ccccc32)c1. The molecular formula is C47H29N4O+. The molecule has 2 aliphatic rings. The lowest BCUT2D eigenvalue weighted by molar-refractivity contribution is -0.359. The third-order valence-corrected chi connectivity index (χ3v) is 10.3. The number of nitriles is 1. The van der Waals surface area contributed by atoms with Crippen LogP contribution in [-0.2, 0) is 5.41 Å². The summed E-state index contributed by atoms with van der Waals surface area (Å²) in [7, 11) is 0. The van der Waals surface area contributed by atoms with Crippen LogP contribution >= 0.6 is 0 Å². The third-order valence-electron chi connectivity index (χ3n) is 10.3. The van der Waals surface area contributed by atoms with Gasteiger partial charge in [-0.3, -0.25) is 0 Å². The summed E-state index contributed by atoms with van der Waals surface area (Å²) in [6.45, 7) is 0. The minimum Gasteiger partial charge on any atom is -0.457 e. The number of hydrogen-bond donors (Lipinski definition) is 0. The fourth-order valence-electron chi connectivity index (χ4n) is 7.99. The average Bonchev–Trinajstić information content (AvgIpc) is 3.50. The zero-order chi connectivity index (χ0) is 34.6. The molecule has 0 unspecified atom stereocenters. The first-order chi connectivity index (χ1) is 25.7. The van der Waals surface area contributed by atoms with Gasteiger partial charge in [-0.25, -0.2) is 4.98 Å². The van der Waals surface area contributed by atoms with Gasteiger partial charge >= 0.3 is 5.82 Å². The number of rotatable bonds is 4. The molecule has 8 aromatic rings. The topological polar surface area (TPSA) is 72.9 Å². The Balaban J connectivity index is 1.25. The van der Waals surface area contributed by atoms with E-state index in [-0.39, 0.29) is 0 Å². The largest absolute Gasteiger partial charge is 0.457 e. The highest BCUT2D eigenvalue weighted by atomic mass is 16.5. The van der Waals surface area contributed by atoms with E-state index in [1.807, 2.05) is 78.9 Å². The van der Waals surface area contributed by atoms with E-state index in [1.165, 1.54) is 11.1 Å². The van der Waals surface area contributed by atoms with Crippen molar-refractivity contribution in [2.24, 2.45) is 0 Å². The predicted molar refractivity (Wildman–Crippen MR) is 202 cm³/mol. The number of aromatic amines is 1. The number of aromatic nitrogens is 3. The molecule has 52 heavy (non-hydrogen) atoms. The van der Waals surface area contributed by atoms with Crippen molar-refractivity contribution in [2.45, 2.75) is 5.41 Å². The van der Waals surface area contributed by atoms with Gasteiger partial charge in [-0.15, -0.1) is 0 Å². The molecule has 0 fully saturated rings. The van der Waals surface area contributed by atoms with Crippen molar-refractivity contribution < 1.29 is 9.72 Å². The maximum Gasteiger partial charge on any atom is 0.308 e. The number of H-pyrrole nitrogens is 1. The van der Waals surface area contributed by atoms with Crippen LogP contribution in [0.4, 0.5) is 0 Å². The lowest BCUT2D eigenvalue weighted by atomic mass is 9.66. The van der Waals surface area contributed by atoms with E-state index in [9.17, 15) is 5.26 Å². The molecule has 1 spiro atoms. The molecule has 0 saturated heterocycles. The molecular weight excluding hydrogens is 637 g/mol. The quantitative estimate of drug-likeness (QED) is 0.188. The number of nitrogens with zero attached hydrogens (tertiary/aromatic N) is 3. The van der Waals surface area contributed by atoms with Crippen LogP contribution in [0, 0.1) is 11.3 Å². The molecule has 1 N–H and O–H groups in total. The average molecular weight is 666 g/mol. The van der Waals surface area contributed by atoms with E-state index >= 15 is 0 Å². The van der Waals surface area contributed by atoms with Gasteiger partial charge in [0.2, 0.25) is 0 Å². The smallest absolute Gasteiger partial charge is 0.308 e. The fourth-order valence-corrected chi connectivity index (χ4v) is 7.99. The number of ether oxygens (including phenoxy) is 1. The van der Waals surface area contributed by atoms with Crippen LogP contribution in [-0.4, -0.2) is 9.97 Å². The molecule has 1 aliphatic carbocycles. The molecule has 7 aromatic carbocycles. The highest BCUT2D eigenvalue weighted by Crippen LogP contribution is 2.62. The van der Waals surface area contributed by atoms with Crippen molar-refractivity contribution in [3.8, 4) is 74.0 Å². The van der Waals surface area contributed by atoms with Crippen molar-refractivity contribution in [3.05, 3.63) is 198 Å². The Labute approximate surface area is 301 Å². The second kappa shape index (κ2) is 11.7. The molecule has 0 saturated carbocycles. The summed E-state index contributed by atoms with van der Waals surface area (Å²) in [6.07, 6.45) is 0. The Bertz CT molecular complexity index is 2630. The van der Waals surface area contributed by atoms with Gasteiger partial charge in [0, 0.05) is 11.1 Å². The Hall–Kier alpha value is -7.16. The summed E-state index contributed by atoms with van der Waals surface area (Å²) in [6, 6.07) is 60.6. The van der Waals surface area contributed by atoms with Crippen LogP contribution in [0.3, 0.4) is 0 Å². The van der Waals surface area contributed by atoms with Crippen molar-refractivity contribution >= 4 is 0 Å². The molecule has 5 nitrogen and oxygen atoms in total. The van der Waals surface area contributed by atoms with E-state index in [4.69, 9.17) is 14.7 Å². The number of nitrogens with one attached hydrogen (secondary N) is 1. The standard InChI is InChI=1S/C47H28N4O/c48-29-30-12-11-17-33(26-30)34-22-24-38-36(27-34)37-28-35(46-50-44(31-13-3-1-4-14-31)49-45(51-46)32-15-5-2-6-16-32)23-25-39(37)47(38)40-18-7-9-20-42(40)52-43-21-10-8-19-41(43)47/h1-28H/p+1. The maximum atomic E-state index is 9.69. The van der Waals surface area contributed by atoms with E-state index in [1.54, 1.807) is 0 Å². The number of para-hydroxylation sites is 2. The molecule has 0 radical (unpaired) electrons. The highest BCUT2D eigenvalue weighted by molar-refractivity contribution is 5.92. The van der Waals surface area contributed by atoms with Gasteiger partial charge in [0.15, 0.2) is 0 Å². The van der Waals surface area contributed by atoms with Gasteiger partial charge in [-0.05, 0) is 100 Å². The lowest BCUT2D eigenvalue weighted by Crippen LogP contribution is -2.32. The van der Waals surface area contributed by atoms with Crippen LogP contribution in [0.1, 0.15) is 27.8 Å².